The quantitative estimate of drug-likeness (QED) is 0.290. The topological polar surface area (TPSA) is 85.6 Å². The number of hydrogen-bond donors (Lipinski definition) is 1. The number of ether oxygens (including phenoxy) is 1. The second kappa shape index (κ2) is 9.38. The van der Waals surface area contributed by atoms with Crippen LogP contribution in [0.4, 0.5) is 5.00 Å². The fourth-order valence-corrected chi connectivity index (χ4v) is 6.69. The average molecular weight is 495 g/mol. The lowest BCUT2D eigenvalue weighted by molar-refractivity contribution is -0.113. The summed E-state index contributed by atoms with van der Waals surface area (Å²) in [5.74, 6) is 0.183. The Labute approximate surface area is 205 Å². The smallest absolute Gasteiger partial charge is 0.341 e. The fourth-order valence-electron chi connectivity index (χ4n) is 4.52. The van der Waals surface area contributed by atoms with Crippen molar-refractivity contribution in [3.8, 4) is 0 Å². The molecule has 0 aliphatic heterocycles. The van der Waals surface area contributed by atoms with Gasteiger partial charge in [0, 0.05) is 10.3 Å². The third-order valence-electron chi connectivity index (χ3n) is 6.15. The highest BCUT2D eigenvalue weighted by molar-refractivity contribution is 7.99. The molecule has 9 heteroatoms. The van der Waals surface area contributed by atoms with Gasteiger partial charge in [-0.1, -0.05) is 36.9 Å². The van der Waals surface area contributed by atoms with Crippen LogP contribution in [0.15, 0.2) is 35.5 Å². The van der Waals surface area contributed by atoms with Gasteiger partial charge in [-0.3, -0.25) is 9.20 Å². The number of pyridine rings is 1. The Bertz CT molecular complexity index is 1410. The number of aryl methyl sites for hydroxylation is 1. The molecular formula is C25H26N4O3S2. The molecule has 3 heterocycles. The summed E-state index contributed by atoms with van der Waals surface area (Å²) < 4.78 is 7.29. The number of esters is 1. The maximum Gasteiger partial charge on any atom is 0.341 e. The zero-order chi connectivity index (χ0) is 23.8. The van der Waals surface area contributed by atoms with Crippen molar-refractivity contribution >= 4 is 56.5 Å². The van der Waals surface area contributed by atoms with Gasteiger partial charge in [-0.15, -0.1) is 21.5 Å². The van der Waals surface area contributed by atoms with Gasteiger partial charge >= 0.3 is 5.97 Å². The molecule has 1 aromatic carbocycles. The highest BCUT2D eigenvalue weighted by Gasteiger charge is 2.29. The van der Waals surface area contributed by atoms with Crippen LogP contribution >= 0.6 is 23.1 Å². The molecule has 0 spiro atoms. The molecule has 0 unspecified atom stereocenters. The number of rotatable bonds is 6. The number of nitrogens with zero attached hydrogens (tertiary/aromatic N) is 3. The van der Waals surface area contributed by atoms with E-state index in [1.165, 1.54) is 28.0 Å². The third-order valence-corrected chi connectivity index (χ3v) is 8.25. The van der Waals surface area contributed by atoms with Crippen molar-refractivity contribution in [2.75, 3.05) is 17.7 Å². The van der Waals surface area contributed by atoms with E-state index >= 15 is 0 Å². The summed E-state index contributed by atoms with van der Waals surface area (Å²) in [7, 11) is 0. The van der Waals surface area contributed by atoms with Gasteiger partial charge in [0.05, 0.1) is 23.4 Å². The number of thiophene rings is 1. The van der Waals surface area contributed by atoms with E-state index in [0.29, 0.717) is 28.2 Å². The van der Waals surface area contributed by atoms with Crippen molar-refractivity contribution < 1.29 is 14.3 Å². The minimum absolute atomic E-state index is 0.157. The van der Waals surface area contributed by atoms with Gasteiger partial charge in [0.1, 0.15) is 5.00 Å². The Morgan fingerprint density at radius 3 is 2.94 bits per heavy atom. The van der Waals surface area contributed by atoms with Crippen molar-refractivity contribution in [2.24, 2.45) is 5.92 Å². The average Bonchev–Trinajstić information content (AvgIpc) is 3.38. The molecule has 3 aromatic heterocycles. The van der Waals surface area contributed by atoms with Crippen LogP contribution in [0.2, 0.25) is 0 Å². The van der Waals surface area contributed by atoms with Crippen LogP contribution in [0, 0.1) is 12.8 Å². The molecule has 7 nitrogen and oxygen atoms in total. The maximum atomic E-state index is 12.9. The van der Waals surface area contributed by atoms with Crippen LogP contribution < -0.4 is 5.32 Å². The molecule has 0 fully saturated rings. The van der Waals surface area contributed by atoms with E-state index in [4.69, 9.17) is 4.74 Å². The van der Waals surface area contributed by atoms with Crippen LogP contribution in [0.1, 0.15) is 46.6 Å². The molecule has 0 radical (unpaired) electrons. The lowest BCUT2D eigenvalue weighted by Crippen LogP contribution is -2.17. The number of carbonyl (C=O) groups is 2. The van der Waals surface area contributed by atoms with Gasteiger partial charge in [-0.2, -0.15) is 0 Å². The van der Waals surface area contributed by atoms with Crippen molar-refractivity contribution in [1.29, 1.82) is 0 Å². The minimum atomic E-state index is -0.359. The monoisotopic (exact) mass is 494 g/mol. The number of para-hydroxylation sites is 1. The van der Waals surface area contributed by atoms with Crippen LogP contribution in [-0.2, 0) is 22.4 Å². The Balaban J connectivity index is 1.38. The van der Waals surface area contributed by atoms with E-state index < -0.39 is 0 Å². The van der Waals surface area contributed by atoms with Crippen LogP contribution in [0.5, 0.6) is 0 Å². The summed E-state index contributed by atoms with van der Waals surface area (Å²) in [5.41, 5.74) is 4.46. The van der Waals surface area contributed by atoms with E-state index in [1.807, 2.05) is 28.7 Å². The highest BCUT2D eigenvalue weighted by Crippen LogP contribution is 2.40. The first-order valence-electron chi connectivity index (χ1n) is 11.4. The predicted octanol–water partition coefficient (Wildman–Crippen LogP) is 5.28. The van der Waals surface area contributed by atoms with Gasteiger partial charge in [-0.05, 0) is 62.3 Å². The molecule has 1 N–H and O–H groups in total. The molecule has 1 amide bonds. The van der Waals surface area contributed by atoms with Crippen LogP contribution in [0.25, 0.3) is 16.6 Å². The van der Waals surface area contributed by atoms with Crippen LogP contribution in [-0.4, -0.2) is 38.8 Å². The SMILES string of the molecule is CCOC(=O)c1c(NC(=O)CSc2nnc3cc(C)c4ccccc4n23)sc2c1CC[C@H](C)C2. The van der Waals surface area contributed by atoms with Gasteiger partial charge in [-0.25, -0.2) is 4.79 Å². The summed E-state index contributed by atoms with van der Waals surface area (Å²) in [6.45, 7) is 6.37. The van der Waals surface area contributed by atoms with Crippen molar-refractivity contribution in [3.63, 3.8) is 0 Å². The summed E-state index contributed by atoms with van der Waals surface area (Å²) >= 11 is 2.83. The second-order valence-corrected chi connectivity index (χ2v) is 10.7. The van der Waals surface area contributed by atoms with E-state index in [9.17, 15) is 9.59 Å². The number of fused-ring (bicyclic) bond motifs is 4. The van der Waals surface area contributed by atoms with E-state index in [-0.39, 0.29) is 17.6 Å². The molecule has 1 atom stereocenters. The molecule has 5 rings (SSSR count). The molecule has 0 bridgehead atoms. The Hall–Kier alpha value is -2.91. The standard InChI is InChI=1S/C25H26N4O3S2/c1-4-32-24(31)22-17-10-9-14(2)11-19(17)34-23(22)26-21(30)13-33-25-28-27-20-12-15(3)16-7-5-6-8-18(16)29(20)25/h5-8,12,14H,4,9-11,13H2,1-3H3,(H,26,30)/t14-/m0/s1. The first-order chi connectivity index (χ1) is 16.5. The third kappa shape index (κ3) is 4.18. The molecule has 176 valence electrons. The van der Waals surface area contributed by atoms with Crippen LogP contribution in [0.3, 0.4) is 0 Å². The minimum Gasteiger partial charge on any atom is -0.462 e. The van der Waals surface area contributed by atoms with E-state index in [0.717, 1.165) is 46.9 Å². The number of anilines is 1. The predicted molar refractivity (Wildman–Crippen MR) is 136 cm³/mol. The lowest BCUT2D eigenvalue weighted by atomic mass is 9.88. The highest BCUT2D eigenvalue weighted by atomic mass is 32.2. The van der Waals surface area contributed by atoms with E-state index in [1.54, 1.807) is 6.92 Å². The maximum absolute atomic E-state index is 12.9. The van der Waals surface area contributed by atoms with Crippen molar-refractivity contribution in [3.05, 3.63) is 51.9 Å². The molecule has 1 aliphatic rings. The number of aromatic nitrogens is 3. The van der Waals surface area contributed by atoms with Gasteiger partial charge in [0.15, 0.2) is 10.8 Å². The Morgan fingerprint density at radius 2 is 2.12 bits per heavy atom. The molecule has 0 saturated carbocycles. The number of amides is 1. The number of nitrogens with one attached hydrogen (secondary N) is 1. The first kappa shape index (κ1) is 22.9. The van der Waals surface area contributed by atoms with Gasteiger partial charge in [0.2, 0.25) is 5.91 Å². The summed E-state index contributed by atoms with van der Waals surface area (Å²) in [5, 5.41) is 14.0. The second-order valence-electron chi connectivity index (χ2n) is 8.63. The zero-order valence-electron chi connectivity index (χ0n) is 19.4. The number of carbonyl (C=O) groups excluding carboxylic acids is 2. The number of benzene rings is 1. The number of thioether (sulfide) groups is 1. The molecule has 1 aliphatic carbocycles. The fraction of sp³-hybridized carbons (Fsp3) is 0.360. The van der Waals surface area contributed by atoms with Crippen molar-refractivity contribution in [2.45, 2.75) is 45.2 Å². The zero-order valence-corrected chi connectivity index (χ0v) is 21.0. The van der Waals surface area contributed by atoms with E-state index in [2.05, 4.69) is 35.4 Å². The normalized spacial score (nSPS) is 15.4. The Morgan fingerprint density at radius 1 is 1.29 bits per heavy atom. The molecule has 4 aromatic rings. The van der Waals surface area contributed by atoms with Gasteiger partial charge < -0.3 is 10.1 Å². The molecule has 34 heavy (non-hydrogen) atoms. The molecule has 0 saturated heterocycles. The van der Waals surface area contributed by atoms with Gasteiger partial charge in [0.25, 0.3) is 0 Å². The number of hydrogen-bond acceptors (Lipinski definition) is 7. The first-order valence-corrected chi connectivity index (χ1v) is 13.2. The lowest BCUT2D eigenvalue weighted by Gasteiger charge is -2.18. The van der Waals surface area contributed by atoms with Crippen molar-refractivity contribution in [1.82, 2.24) is 14.6 Å². The summed E-state index contributed by atoms with van der Waals surface area (Å²) in [6.07, 6.45) is 2.80. The summed E-state index contributed by atoms with van der Waals surface area (Å²) in [4.78, 5) is 26.8. The largest absolute Gasteiger partial charge is 0.462 e. The summed E-state index contributed by atoms with van der Waals surface area (Å²) in [6, 6.07) is 10.1. The molecular weight excluding hydrogens is 468 g/mol. The Kier molecular flexibility index (Phi) is 6.31.